The summed E-state index contributed by atoms with van der Waals surface area (Å²) in [7, 11) is 0. The molecule has 0 aromatic heterocycles. The lowest BCUT2D eigenvalue weighted by Gasteiger charge is -2.33. The van der Waals surface area contributed by atoms with Crippen LogP contribution in [-0.4, -0.2) is 37.1 Å². The molecule has 0 atom stereocenters. The van der Waals surface area contributed by atoms with Crippen LogP contribution in [0.4, 0.5) is 0 Å². The van der Waals surface area contributed by atoms with Gasteiger partial charge in [0, 0.05) is 12.6 Å². The number of nitrogens with one attached hydrogen (secondary N) is 1. The normalized spacial score (nSPS) is 28.5. The van der Waals surface area contributed by atoms with Gasteiger partial charge >= 0.3 is 0 Å². The van der Waals surface area contributed by atoms with Crippen molar-refractivity contribution in [3.63, 3.8) is 0 Å². The van der Waals surface area contributed by atoms with Gasteiger partial charge in [-0.25, -0.2) is 0 Å². The van der Waals surface area contributed by atoms with Gasteiger partial charge in [-0.3, -0.25) is 0 Å². The molecule has 0 unspecified atom stereocenters. The van der Waals surface area contributed by atoms with E-state index in [9.17, 15) is 0 Å². The molecule has 2 aliphatic rings. The highest BCUT2D eigenvalue weighted by Gasteiger charge is 2.64. The third-order valence-corrected chi connectivity index (χ3v) is 6.03. The summed E-state index contributed by atoms with van der Waals surface area (Å²) in [6.07, 6.45) is 3.94. The first kappa shape index (κ1) is 14.3. The Kier molecular flexibility index (Phi) is 4.08. The Balaban J connectivity index is 1.72. The molecule has 1 saturated carbocycles. The van der Waals surface area contributed by atoms with Gasteiger partial charge in [0.2, 0.25) is 0 Å². The first-order valence-electron chi connectivity index (χ1n) is 7.85. The van der Waals surface area contributed by atoms with Gasteiger partial charge in [-0.2, -0.15) is 0 Å². The van der Waals surface area contributed by atoms with Gasteiger partial charge in [-0.1, -0.05) is 34.6 Å². The second kappa shape index (κ2) is 5.13. The Morgan fingerprint density at radius 1 is 1.06 bits per heavy atom. The summed E-state index contributed by atoms with van der Waals surface area (Å²) in [6, 6.07) is 0.779. The quantitative estimate of drug-likeness (QED) is 0.809. The summed E-state index contributed by atoms with van der Waals surface area (Å²) < 4.78 is 0. The summed E-state index contributed by atoms with van der Waals surface area (Å²) >= 11 is 0. The molecular formula is C16H32N2. The molecule has 1 aliphatic carbocycles. The topological polar surface area (TPSA) is 15.3 Å². The lowest BCUT2D eigenvalue weighted by atomic mass is 10.0. The molecule has 0 aromatic carbocycles. The van der Waals surface area contributed by atoms with Crippen LogP contribution in [0.15, 0.2) is 0 Å². The second-order valence-corrected chi connectivity index (χ2v) is 7.52. The monoisotopic (exact) mass is 252 g/mol. The smallest absolute Gasteiger partial charge is 0.00914 e. The Morgan fingerprint density at radius 3 is 2.06 bits per heavy atom. The molecule has 0 amide bonds. The molecule has 0 aromatic rings. The fourth-order valence-corrected chi connectivity index (χ4v) is 3.72. The molecule has 2 nitrogen and oxygen atoms in total. The van der Waals surface area contributed by atoms with Crippen LogP contribution >= 0.6 is 0 Å². The molecule has 0 spiro atoms. The maximum Gasteiger partial charge on any atom is 0.00914 e. The third kappa shape index (κ3) is 2.60. The molecule has 106 valence electrons. The molecule has 18 heavy (non-hydrogen) atoms. The zero-order valence-electron chi connectivity index (χ0n) is 13.1. The van der Waals surface area contributed by atoms with E-state index in [1.807, 2.05) is 0 Å². The summed E-state index contributed by atoms with van der Waals surface area (Å²) in [5, 5.41) is 3.67. The van der Waals surface area contributed by atoms with Gasteiger partial charge in [0.25, 0.3) is 0 Å². The minimum absolute atomic E-state index is 0.546. The van der Waals surface area contributed by atoms with E-state index in [1.165, 1.54) is 45.4 Å². The van der Waals surface area contributed by atoms with Crippen molar-refractivity contribution in [1.82, 2.24) is 10.2 Å². The van der Waals surface area contributed by atoms with Crippen molar-refractivity contribution in [2.45, 2.75) is 59.9 Å². The maximum atomic E-state index is 3.67. The van der Waals surface area contributed by atoms with Gasteiger partial charge in [-0.05, 0) is 55.6 Å². The van der Waals surface area contributed by atoms with E-state index in [1.54, 1.807) is 0 Å². The molecule has 2 fully saturated rings. The molecule has 1 aliphatic heterocycles. The van der Waals surface area contributed by atoms with Crippen molar-refractivity contribution in [3.8, 4) is 0 Å². The molecule has 2 rings (SSSR count). The maximum absolute atomic E-state index is 3.67. The van der Waals surface area contributed by atoms with Crippen molar-refractivity contribution >= 4 is 0 Å². The van der Waals surface area contributed by atoms with E-state index in [0.717, 1.165) is 12.0 Å². The second-order valence-electron chi connectivity index (χ2n) is 7.52. The van der Waals surface area contributed by atoms with Crippen LogP contribution in [0, 0.1) is 16.7 Å². The number of hydrogen-bond acceptors (Lipinski definition) is 2. The highest BCUT2D eigenvalue weighted by atomic mass is 15.2. The zero-order valence-corrected chi connectivity index (χ0v) is 13.1. The summed E-state index contributed by atoms with van der Waals surface area (Å²) in [5.74, 6) is 0.894. The standard InChI is InChI=1S/C16H32N2/c1-6-9-17-13-7-10-18(11-8-13)12-14-15(2,3)16(14,4)5/h13-14,17H,6-12H2,1-5H3. The van der Waals surface area contributed by atoms with E-state index >= 15 is 0 Å². The van der Waals surface area contributed by atoms with E-state index in [0.29, 0.717) is 10.8 Å². The number of rotatable bonds is 5. The summed E-state index contributed by atoms with van der Waals surface area (Å²) in [6.45, 7) is 17.1. The van der Waals surface area contributed by atoms with Crippen molar-refractivity contribution in [2.24, 2.45) is 16.7 Å². The minimum atomic E-state index is 0.546. The minimum Gasteiger partial charge on any atom is -0.314 e. The molecule has 1 N–H and O–H groups in total. The van der Waals surface area contributed by atoms with Gasteiger partial charge in [0.1, 0.15) is 0 Å². The summed E-state index contributed by atoms with van der Waals surface area (Å²) in [5.41, 5.74) is 1.09. The average Bonchev–Trinajstić information content (AvgIpc) is 2.71. The van der Waals surface area contributed by atoms with Gasteiger partial charge in [0.05, 0.1) is 0 Å². The Labute approximate surface area is 114 Å². The Hall–Kier alpha value is -0.0800. The lowest BCUT2D eigenvalue weighted by molar-refractivity contribution is 0.181. The van der Waals surface area contributed by atoms with Crippen molar-refractivity contribution in [3.05, 3.63) is 0 Å². The van der Waals surface area contributed by atoms with Crippen LogP contribution in [-0.2, 0) is 0 Å². The van der Waals surface area contributed by atoms with Crippen LogP contribution in [0.2, 0.25) is 0 Å². The van der Waals surface area contributed by atoms with E-state index < -0.39 is 0 Å². The first-order valence-corrected chi connectivity index (χ1v) is 7.85. The number of hydrogen-bond donors (Lipinski definition) is 1. The molecule has 0 bridgehead atoms. The highest BCUT2D eigenvalue weighted by Crippen LogP contribution is 2.68. The highest BCUT2D eigenvalue weighted by molar-refractivity contribution is 5.13. The number of likely N-dealkylation sites (tertiary alicyclic amines) is 1. The van der Waals surface area contributed by atoms with Gasteiger partial charge in [0.15, 0.2) is 0 Å². The predicted molar refractivity (Wildman–Crippen MR) is 78.8 cm³/mol. The number of piperidine rings is 1. The van der Waals surface area contributed by atoms with Crippen molar-refractivity contribution in [2.75, 3.05) is 26.2 Å². The van der Waals surface area contributed by atoms with Crippen LogP contribution in [0.5, 0.6) is 0 Å². The van der Waals surface area contributed by atoms with Crippen LogP contribution in [0.3, 0.4) is 0 Å². The molecule has 0 radical (unpaired) electrons. The van der Waals surface area contributed by atoms with Crippen LogP contribution < -0.4 is 5.32 Å². The Morgan fingerprint density at radius 2 is 1.61 bits per heavy atom. The predicted octanol–water partition coefficient (Wildman–Crippen LogP) is 3.13. The average molecular weight is 252 g/mol. The fraction of sp³-hybridized carbons (Fsp3) is 1.00. The fourth-order valence-electron chi connectivity index (χ4n) is 3.72. The van der Waals surface area contributed by atoms with E-state index in [4.69, 9.17) is 0 Å². The van der Waals surface area contributed by atoms with E-state index in [2.05, 4.69) is 44.8 Å². The van der Waals surface area contributed by atoms with Gasteiger partial charge < -0.3 is 10.2 Å². The first-order chi connectivity index (χ1) is 8.39. The third-order valence-electron chi connectivity index (χ3n) is 6.03. The van der Waals surface area contributed by atoms with Gasteiger partial charge in [-0.15, -0.1) is 0 Å². The number of nitrogens with zero attached hydrogens (tertiary/aromatic N) is 1. The molecule has 1 heterocycles. The molecule has 2 heteroatoms. The van der Waals surface area contributed by atoms with Crippen LogP contribution in [0.1, 0.15) is 53.9 Å². The van der Waals surface area contributed by atoms with E-state index in [-0.39, 0.29) is 0 Å². The van der Waals surface area contributed by atoms with Crippen molar-refractivity contribution in [1.29, 1.82) is 0 Å². The zero-order chi connectivity index (χ0) is 13.4. The van der Waals surface area contributed by atoms with Crippen LogP contribution in [0.25, 0.3) is 0 Å². The molecular weight excluding hydrogens is 220 g/mol. The van der Waals surface area contributed by atoms with Crippen molar-refractivity contribution < 1.29 is 0 Å². The SMILES string of the molecule is CCCNC1CCN(CC2C(C)(C)C2(C)C)CC1. The lowest BCUT2D eigenvalue weighted by Crippen LogP contribution is -2.43. The Bertz CT molecular complexity index is 261. The molecule has 1 saturated heterocycles. The summed E-state index contributed by atoms with van der Waals surface area (Å²) in [4.78, 5) is 2.70. The largest absolute Gasteiger partial charge is 0.314 e.